The Labute approximate surface area is 288 Å². The Balaban J connectivity index is 1.19. The van der Waals surface area contributed by atoms with Gasteiger partial charge in [0.1, 0.15) is 0 Å². The largest absolute Gasteiger partial charge is 0.309 e. The van der Waals surface area contributed by atoms with Gasteiger partial charge in [-0.25, -0.2) is 0 Å². The second kappa shape index (κ2) is 10.4. The first-order chi connectivity index (χ1) is 24.8. The molecule has 0 saturated heterocycles. The molecular weight excluding hydrogens is 605 g/mol. The van der Waals surface area contributed by atoms with Gasteiger partial charge in [-0.2, -0.15) is 0 Å². The highest BCUT2D eigenvalue weighted by Crippen LogP contribution is 2.41. The lowest BCUT2D eigenvalue weighted by molar-refractivity contribution is 1.18. The average molecular weight is 635 g/mol. The van der Waals surface area contributed by atoms with E-state index in [-0.39, 0.29) is 0 Å². The molecule has 0 amide bonds. The van der Waals surface area contributed by atoms with Crippen molar-refractivity contribution in [3.05, 3.63) is 182 Å². The Kier molecular flexibility index (Phi) is 5.70. The molecule has 0 aliphatic carbocycles. The highest BCUT2D eigenvalue weighted by molar-refractivity contribution is 6.17. The topological polar surface area (TPSA) is 9.86 Å². The molecular formula is C48H30N2. The lowest BCUT2D eigenvalue weighted by Gasteiger charge is -2.12. The van der Waals surface area contributed by atoms with Crippen molar-refractivity contribution in [3.8, 4) is 22.5 Å². The first-order valence-electron chi connectivity index (χ1n) is 17.3. The molecule has 2 heterocycles. The lowest BCUT2D eigenvalue weighted by atomic mass is 9.99. The van der Waals surface area contributed by atoms with Gasteiger partial charge >= 0.3 is 0 Å². The molecule has 2 heteroatoms. The molecule has 0 aliphatic rings. The number of hydrogen-bond acceptors (Lipinski definition) is 0. The summed E-state index contributed by atoms with van der Waals surface area (Å²) in [5.74, 6) is 0. The molecule has 0 unspecified atom stereocenters. The van der Waals surface area contributed by atoms with Crippen molar-refractivity contribution in [2.45, 2.75) is 0 Å². The fourth-order valence-electron chi connectivity index (χ4n) is 8.29. The predicted octanol–water partition coefficient (Wildman–Crippen LogP) is 13.0. The van der Waals surface area contributed by atoms with Crippen molar-refractivity contribution in [1.82, 2.24) is 9.13 Å². The Morgan fingerprint density at radius 2 is 0.720 bits per heavy atom. The van der Waals surface area contributed by atoms with Gasteiger partial charge in [-0.05, 0) is 105 Å². The summed E-state index contributed by atoms with van der Waals surface area (Å²) < 4.78 is 4.87. The second-order valence-corrected chi connectivity index (χ2v) is 13.4. The van der Waals surface area contributed by atoms with Gasteiger partial charge in [-0.3, -0.25) is 0 Å². The Hall–Kier alpha value is -6.64. The van der Waals surface area contributed by atoms with Gasteiger partial charge in [0.05, 0.1) is 27.8 Å². The maximum atomic E-state index is 2.46. The van der Waals surface area contributed by atoms with Crippen molar-refractivity contribution in [2.24, 2.45) is 0 Å². The van der Waals surface area contributed by atoms with Gasteiger partial charge in [0, 0.05) is 32.6 Å². The Bertz CT molecular complexity index is 3140. The van der Waals surface area contributed by atoms with E-state index in [2.05, 4.69) is 191 Å². The quantitative estimate of drug-likeness (QED) is 0.183. The van der Waals surface area contributed by atoms with Crippen LogP contribution in [0.3, 0.4) is 0 Å². The number of nitrogens with zero attached hydrogens (tertiary/aromatic N) is 2. The van der Waals surface area contributed by atoms with E-state index in [1.54, 1.807) is 0 Å². The van der Waals surface area contributed by atoms with E-state index in [1.165, 1.54) is 98.4 Å². The maximum absolute atomic E-state index is 2.46. The van der Waals surface area contributed by atoms with Crippen LogP contribution in [0.25, 0.3) is 98.4 Å². The molecule has 232 valence electrons. The van der Waals surface area contributed by atoms with E-state index < -0.39 is 0 Å². The number of benzene rings is 9. The van der Waals surface area contributed by atoms with Gasteiger partial charge in [0.25, 0.3) is 0 Å². The third-order valence-corrected chi connectivity index (χ3v) is 10.6. The van der Waals surface area contributed by atoms with Crippen molar-refractivity contribution < 1.29 is 0 Å². The van der Waals surface area contributed by atoms with Crippen LogP contribution in [0.1, 0.15) is 0 Å². The summed E-state index contributed by atoms with van der Waals surface area (Å²) in [6, 6.07) is 66.9. The van der Waals surface area contributed by atoms with E-state index in [1.807, 2.05) is 0 Å². The smallest absolute Gasteiger partial charge is 0.0547 e. The summed E-state index contributed by atoms with van der Waals surface area (Å²) in [7, 11) is 0. The van der Waals surface area contributed by atoms with Crippen LogP contribution in [-0.4, -0.2) is 9.13 Å². The van der Waals surface area contributed by atoms with Crippen LogP contribution < -0.4 is 0 Å². The molecule has 0 saturated carbocycles. The second-order valence-electron chi connectivity index (χ2n) is 13.4. The molecule has 2 nitrogen and oxygen atoms in total. The molecule has 0 aliphatic heterocycles. The summed E-state index contributed by atoms with van der Waals surface area (Å²) in [4.78, 5) is 0. The summed E-state index contributed by atoms with van der Waals surface area (Å²) in [5, 5.41) is 12.6. The van der Waals surface area contributed by atoms with Gasteiger partial charge in [0.15, 0.2) is 0 Å². The minimum Gasteiger partial charge on any atom is -0.309 e. The maximum Gasteiger partial charge on any atom is 0.0547 e. The SMILES string of the molecule is c1ccc(-n2c3ccc(-c4ccc5c(c4)c4cc6ccccc6cc4n5-c4cccc5ccccc45)cc3c3cc4ccccc4cc32)cc1. The van der Waals surface area contributed by atoms with E-state index in [0.717, 1.165) is 0 Å². The summed E-state index contributed by atoms with van der Waals surface area (Å²) in [6.45, 7) is 0. The fourth-order valence-corrected chi connectivity index (χ4v) is 8.29. The van der Waals surface area contributed by atoms with Crippen molar-refractivity contribution in [1.29, 1.82) is 0 Å². The van der Waals surface area contributed by atoms with E-state index in [4.69, 9.17) is 0 Å². The Morgan fingerprint density at radius 3 is 1.34 bits per heavy atom. The van der Waals surface area contributed by atoms with E-state index in [9.17, 15) is 0 Å². The summed E-state index contributed by atoms with van der Waals surface area (Å²) in [6.07, 6.45) is 0. The molecule has 9 aromatic carbocycles. The number of fused-ring (bicyclic) bond motifs is 9. The van der Waals surface area contributed by atoms with Crippen LogP contribution in [-0.2, 0) is 0 Å². The third-order valence-electron chi connectivity index (χ3n) is 10.6. The molecule has 2 aromatic heterocycles. The molecule has 0 N–H and O–H groups in total. The summed E-state index contributed by atoms with van der Waals surface area (Å²) >= 11 is 0. The van der Waals surface area contributed by atoms with Gasteiger partial charge in [0.2, 0.25) is 0 Å². The molecule has 0 radical (unpaired) electrons. The number of rotatable bonds is 3. The van der Waals surface area contributed by atoms with Gasteiger partial charge in [-0.15, -0.1) is 0 Å². The minimum absolute atomic E-state index is 1.17. The van der Waals surface area contributed by atoms with E-state index in [0.29, 0.717) is 0 Å². The minimum atomic E-state index is 1.17. The number of para-hydroxylation sites is 1. The zero-order valence-corrected chi connectivity index (χ0v) is 27.2. The van der Waals surface area contributed by atoms with Crippen LogP contribution >= 0.6 is 0 Å². The van der Waals surface area contributed by atoms with Crippen molar-refractivity contribution in [3.63, 3.8) is 0 Å². The average Bonchev–Trinajstić information content (AvgIpc) is 3.66. The summed E-state index contributed by atoms with van der Waals surface area (Å²) in [5.41, 5.74) is 9.67. The normalized spacial score (nSPS) is 12.0. The van der Waals surface area contributed by atoms with Crippen LogP contribution in [0.4, 0.5) is 0 Å². The van der Waals surface area contributed by atoms with Crippen LogP contribution in [0, 0.1) is 0 Å². The molecule has 0 atom stereocenters. The molecule has 11 aromatic rings. The fraction of sp³-hybridized carbons (Fsp3) is 0. The molecule has 50 heavy (non-hydrogen) atoms. The van der Waals surface area contributed by atoms with Crippen LogP contribution in [0.5, 0.6) is 0 Å². The zero-order chi connectivity index (χ0) is 32.8. The molecule has 0 bridgehead atoms. The van der Waals surface area contributed by atoms with Crippen LogP contribution in [0.2, 0.25) is 0 Å². The first kappa shape index (κ1) is 27.3. The van der Waals surface area contributed by atoms with Gasteiger partial charge in [-0.1, -0.05) is 115 Å². The third kappa shape index (κ3) is 3.96. The standard InChI is InChI=1S/C48H30N2/c1-2-17-38(18-3-1)49-45-23-21-36(27-40(45)42-25-32-12-4-6-14-34(32)29-47(42)49)37-22-24-46-41(28-37)43-26-33-13-5-7-15-35(33)30-48(43)50(46)44-20-10-16-31-11-8-9-19-39(31)44/h1-30H. The highest BCUT2D eigenvalue weighted by Gasteiger charge is 2.18. The van der Waals surface area contributed by atoms with Crippen molar-refractivity contribution in [2.75, 3.05) is 0 Å². The monoisotopic (exact) mass is 634 g/mol. The molecule has 11 rings (SSSR count). The van der Waals surface area contributed by atoms with Crippen LogP contribution in [0.15, 0.2) is 182 Å². The molecule has 0 spiro atoms. The van der Waals surface area contributed by atoms with E-state index >= 15 is 0 Å². The predicted molar refractivity (Wildman–Crippen MR) is 213 cm³/mol. The number of hydrogen-bond donors (Lipinski definition) is 0. The zero-order valence-electron chi connectivity index (χ0n) is 27.2. The molecule has 0 fully saturated rings. The lowest BCUT2D eigenvalue weighted by Crippen LogP contribution is -1.95. The van der Waals surface area contributed by atoms with Crippen molar-refractivity contribution >= 4 is 75.9 Å². The van der Waals surface area contributed by atoms with Gasteiger partial charge < -0.3 is 9.13 Å². The first-order valence-corrected chi connectivity index (χ1v) is 17.3. The number of aromatic nitrogens is 2. The highest BCUT2D eigenvalue weighted by atomic mass is 15.0. The Morgan fingerprint density at radius 1 is 0.260 bits per heavy atom.